The molecule has 218 valence electrons. The monoisotopic (exact) mass is 566 g/mol. The van der Waals surface area contributed by atoms with Crippen LogP contribution in [-0.4, -0.2) is 58.6 Å². The van der Waals surface area contributed by atoms with E-state index in [0.717, 1.165) is 49.7 Å². The zero-order chi connectivity index (χ0) is 29.1. The molecule has 2 saturated carbocycles. The van der Waals surface area contributed by atoms with Crippen LogP contribution >= 0.6 is 0 Å². The van der Waals surface area contributed by atoms with Gasteiger partial charge < -0.3 is 20.4 Å². The molecule has 0 bridgehead atoms. The SMILES string of the molecule is O=C(Nc1ccc(C#Cc2ccc(NC(=O)[C@@H]3CCCN3C(=O)CC3CC3)cc2)cc1)[C@@H]1CCCN1C(=O)CC1CC1. The molecule has 0 radical (unpaired) electrons. The minimum Gasteiger partial charge on any atom is -0.331 e. The lowest BCUT2D eigenvalue weighted by Crippen LogP contribution is -2.43. The van der Waals surface area contributed by atoms with Gasteiger partial charge in [-0.2, -0.15) is 0 Å². The number of nitrogens with one attached hydrogen (secondary N) is 2. The second kappa shape index (κ2) is 12.4. The molecule has 8 nitrogen and oxygen atoms in total. The molecule has 2 atom stereocenters. The van der Waals surface area contributed by atoms with Crippen LogP contribution < -0.4 is 10.6 Å². The van der Waals surface area contributed by atoms with Gasteiger partial charge in [-0.3, -0.25) is 19.2 Å². The van der Waals surface area contributed by atoms with Crippen LogP contribution in [0.3, 0.4) is 0 Å². The second-order valence-corrected chi connectivity index (χ2v) is 12.2. The molecule has 0 aromatic heterocycles. The van der Waals surface area contributed by atoms with E-state index in [4.69, 9.17) is 0 Å². The number of carbonyl (C=O) groups excluding carboxylic acids is 4. The highest BCUT2D eigenvalue weighted by Gasteiger charge is 2.37. The number of hydrogen-bond donors (Lipinski definition) is 2. The molecule has 2 N–H and O–H groups in total. The summed E-state index contributed by atoms with van der Waals surface area (Å²) < 4.78 is 0. The molecule has 8 heteroatoms. The summed E-state index contributed by atoms with van der Waals surface area (Å²) in [5.41, 5.74) is 2.98. The van der Waals surface area contributed by atoms with Crippen molar-refractivity contribution in [2.45, 2.75) is 76.3 Å². The van der Waals surface area contributed by atoms with E-state index in [1.54, 1.807) is 9.80 Å². The number of rotatable bonds is 8. The van der Waals surface area contributed by atoms with Gasteiger partial charge in [-0.15, -0.1) is 0 Å². The van der Waals surface area contributed by atoms with Gasteiger partial charge >= 0.3 is 0 Å². The topological polar surface area (TPSA) is 98.8 Å². The van der Waals surface area contributed by atoms with Crippen molar-refractivity contribution >= 4 is 35.0 Å². The van der Waals surface area contributed by atoms with Crippen LogP contribution in [0.4, 0.5) is 11.4 Å². The highest BCUT2D eigenvalue weighted by molar-refractivity contribution is 5.98. The summed E-state index contributed by atoms with van der Waals surface area (Å²) in [6.45, 7) is 1.32. The van der Waals surface area contributed by atoms with Crippen LogP contribution in [0, 0.1) is 23.7 Å². The summed E-state index contributed by atoms with van der Waals surface area (Å²) >= 11 is 0. The average Bonchev–Trinajstić information content (AvgIpc) is 3.87. The smallest absolute Gasteiger partial charge is 0.247 e. The first-order valence-corrected chi connectivity index (χ1v) is 15.4. The van der Waals surface area contributed by atoms with E-state index in [9.17, 15) is 19.2 Å². The lowest BCUT2D eigenvalue weighted by atomic mass is 10.1. The van der Waals surface area contributed by atoms with E-state index in [1.807, 2.05) is 48.5 Å². The predicted octanol–water partition coefficient (Wildman–Crippen LogP) is 4.55. The van der Waals surface area contributed by atoms with Gasteiger partial charge in [0.2, 0.25) is 23.6 Å². The zero-order valence-electron chi connectivity index (χ0n) is 23.9. The van der Waals surface area contributed by atoms with Gasteiger partial charge in [-0.25, -0.2) is 0 Å². The number of anilines is 2. The third-order valence-electron chi connectivity index (χ3n) is 8.73. The molecule has 4 amide bonds. The van der Waals surface area contributed by atoms with E-state index in [1.165, 1.54) is 0 Å². The van der Waals surface area contributed by atoms with Gasteiger partial charge in [0, 0.05) is 48.4 Å². The highest BCUT2D eigenvalue weighted by atomic mass is 16.2. The molecule has 2 aromatic carbocycles. The fraction of sp³-hybridized carbons (Fsp3) is 0.471. The van der Waals surface area contributed by atoms with E-state index < -0.39 is 12.1 Å². The normalized spacial score (nSPS) is 21.4. The lowest BCUT2D eigenvalue weighted by Gasteiger charge is -2.24. The molecule has 2 aromatic rings. The molecule has 6 rings (SSSR count). The molecular formula is C34H38N4O4. The maximum atomic E-state index is 12.9. The van der Waals surface area contributed by atoms with Crippen LogP contribution in [0.2, 0.25) is 0 Å². The average molecular weight is 567 g/mol. The van der Waals surface area contributed by atoms with Crippen molar-refractivity contribution in [3.8, 4) is 11.8 Å². The van der Waals surface area contributed by atoms with Crippen LogP contribution in [0.15, 0.2) is 48.5 Å². The summed E-state index contributed by atoms with van der Waals surface area (Å²) in [7, 11) is 0. The third-order valence-corrected chi connectivity index (χ3v) is 8.73. The molecule has 4 fully saturated rings. The molecule has 4 aliphatic rings. The zero-order valence-corrected chi connectivity index (χ0v) is 23.9. The highest BCUT2D eigenvalue weighted by Crippen LogP contribution is 2.35. The standard InChI is InChI=1S/C34H38N4O4/c39-31(21-25-7-8-25)37-19-1-3-29(37)33(41)35-27-15-11-23(12-16-27)5-6-24-13-17-28(18-14-24)36-34(42)30-4-2-20-38(30)32(40)22-26-9-10-26/h11-18,25-26,29-30H,1-4,7-10,19-22H2,(H,35,41)(H,36,42)/t29-,30-/m0/s1. The van der Waals surface area contributed by atoms with Crippen molar-refractivity contribution in [2.24, 2.45) is 11.8 Å². The molecule has 2 saturated heterocycles. The summed E-state index contributed by atoms with van der Waals surface area (Å²) in [6, 6.07) is 14.0. The maximum Gasteiger partial charge on any atom is 0.247 e. The number of likely N-dealkylation sites (tertiary alicyclic amines) is 2. The summed E-state index contributed by atoms with van der Waals surface area (Å²) in [6.07, 6.45) is 8.75. The number of nitrogens with zero attached hydrogens (tertiary/aromatic N) is 2. The third kappa shape index (κ3) is 7.02. The predicted molar refractivity (Wildman–Crippen MR) is 160 cm³/mol. The quantitative estimate of drug-likeness (QED) is 0.458. The Bertz CT molecular complexity index is 1290. The second-order valence-electron chi connectivity index (χ2n) is 12.2. The Balaban J connectivity index is 0.996. The maximum absolute atomic E-state index is 12.9. The van der Waals surface area contributed by atoms with Gasteiger partial charge in [0.25, 0.3) is 0 Å². The Morgan fingerprint density at radius 2 is 0.976 bits per heavy atom. The molecule has 2 heterocycles. The van der Waals surface area contributed by atoms with E-state index in [-0.39, 0.29) is 23.6 Å². The van der Waals surface area contributed by atoms with Crippen molar-refractivity contribution in [2.75, 3.05) is 23.7 Å². The fourth-order valence-corrected chi connectivity index (χ4v) is 5.92. The van der Waals surface area contributed by atoms with Crippen LogP contribution in [0.5, 0.6) is 0 Å². The Morgan fingerprint density at radius 3 is 1.33 bits per heavy atom. The Morgan fingerprint density at radius 1 is 0.595 bits per heavy atom. The number of benzene rings is 2. The molecule has 0 spiro atoms. The van der Waals surface area contributed by atoms with Crippen molar-refractivity contribution in [1.82, 2.24) is 9.80 Å². The minimum atomic E-state index is -0.393. The Kier molecular flexibility index (Phi) is 8.27. The van der Waals surface area contributed by atoms with Crippen LogP contribution in [0.1, 0.15) is 75.3 Å². The van der Waals surface area contributed by atoms with Crippen molar-refractivity contribution in [3.05, 3.63) is 59.7 Å². The first-order chi connectivity index (χ1) is 20.4. The molecule has 42 heavy (non-hydrogen) atoms. The van der Waals surface area contributed by atoms with Gasteiger partial charge in [0.1, 0.15) is 12.1 Å². The number of carbonyl (C=O) groups is 4. The van der Waals surface area contributed by atoms with Crippen molar-refractivity contribution in [3.63, 3.8) is 0 Å². The van der Waals surface area contributed by atoms with E-state index in [2.05, 4.69) is 22.5 Å². The first-order valence-electron chi connectivity index (χ1n) is 15.4. The summed E-state index contributed by atoms with van der Waals surface area (Å²) in [5.74, 6) is 7.25. The van der Waals surface area contributed by atoms with Gasteiger partial charge in [0.15, 0.2) is 0 Å². The number of amides is 4. The van der Waals surface area contributed by atoms with E-state index >= 15 is 0 Å². The fourth-order valence-electron chi connectivity index (χ4n) is 5.92. The Labute approximate surface area is 247 Å². The lowest BCUT2D eigenvalue weighted by molar-refractivity contribution is -0.137. The van der Waals surface area contributed by atoms with Gasteiger partial charge in [-0.05, 0) is 112 Å². The van der Waals surface area contributed by atoms with Crippen molar-refractivity contribution in [1.29, 1.82) is 0 Å². The molecular weight excluding hydrogens is 528 g/mol. The van der Waals surface area contributed by atoms with Crippen molar-refractivity contribution < 1.29 is 19.2 Å². The molecule has 2 aliphatic carbocycles. The minimum absolute atomic E-state index is 0.104. The molecule has 0 unspecified atom stereocenters. The number of hydrogen-bond acceptors (Lipinski definition) is 4. The summed E-state index contributed by atoms with van der Waals surface area (Å²) in [5, 5.41) is 5.93. The van der Waals surface area contributed by atoms with Gasteiger partial charge in [0.05, 0.1) is 0 Å². The first kappa shape index (κ1) is 28.0. The Hall–Kier alpha value is -4.12. The van der Waals surface area contributed by atoms with E-state index in [0.29, 0.717) is 62.0 Å². The largest absolute Gasteiger partial charge is 0.331 e. The van der Waals surface area contributed by atoms with Gasteiger partial charge in [-0.1, -0.05) is 11.8 Å². The molecule has 2 aliphatic heterocycles. The summed E-state index contributed by atoms with van der Waals surface area (Å²) in [4.78, 5) is 54.5. The van der Waals surface area contributed by atoms with Crippen LogP contribution in [0.25, 0.3) is 0 Å². The van der Waals surface area contributed by atoms with Crippen LogP contribution in [-0.2, 0) is 19.2 Å².